The van der Waals surface area contributed by atoms with Crippen LogP contribution in [-0.4, -0.2) is 112 Å². The summed E-state index contributed by atoms with van der Waals surface area (Å²) in [5.41, 5.74) is 0.991. The number of carbonyl (C=O) groups is 2. The molecule has 1 aromatic rings. The van der Waals surface area contributed by atoms with Gasteiger partial charge in [-0.2, -0.15) is 22.3 Å². The lowest BCUT2D eigenvalue weighted by atomic mass is 9.97. The number of fused-ring (bicyclic) bond motifs is 2. The van der Waals surface area contributed by atoms with Crippen molar-refractivity contribution in [1.29, 1.82) is 5.26 Å². The molecule has 3 aliphatic heterocycles. The average molecular weight is 550 g/mol. The fourth-order valence-corrected chi connectivity index (χ4v) is 7.76. The summed E-state index contributed by atoms with van der Waals surface area (Å²) in [5.74, 6) is -0.646. The van der Waals surface area contributed by atoms with Gasteiger partial charge < -0.3 is 24.0 Å². The number of nitriles is 1. The van der Waals surface area contributed by atoms with E-state index in [2.05, 4.69) is 11.0 Å². The second-order valence-corrected chi connectivity index (χ2v) is 11.5. The van der Waals surface area contributed by atoms with Gasteiger partial charge in [-0.15, -0.1) is 0 Å². The van der Waals surface area contributed by atoms with Crippen molar-refractivity contribution < 1.29 is 32.2 Å². The molecule has 3 fully saturated rings. The lowest BCUT2D eigenvalue weighted by Crippen LogP contribution is -2.70. The number of benzene rings is 1. The van der Waals surface area contributed by atoms with E-state index < -0.39 is 33.9 Å². The Balaban J connectivity index is 1.53. The van der Waals surface area contributed by atoms with E-state index in [4.69, 9.17) is 19.5 Å². The van der Waals surface area contributed by atoms with E-state index in [-0.39, 0.29) is 52.4 Å². The molecule has 1 aromatic carbocycles. The van der Waals surface area contributed by atoms with Crippen LogP contribution in [0.1, 0.15) is 30.9 Å². The molecule has 13 heteroatoms. The Kier molecular flexibility index (Phi) is 8.46. The smallest absolute Gasteiger partial charge is 0.409 e. The molecule has 2 bridgehead atoms. The molecule has 3 heterocycles. The maximum absolute atomic E-state index is 14.0. The van der Waals surface area contributed by atoms with Crippen LogP contribution in [0.2, 0.25) is 0 Å². The number of rotatable bonds is 8. The number of carbonyl (C=O) groups excluding carboxylic acids is 2. The Hall–Kier alpha value is -2.92. The minimum atomic E-state index is -4.04. The van der Waals surface area contributed by atoms with Gasteiger partial charge in [-0.1, -0.05) is 0 Å². The summed E-state index contributed by atoms with van der Waals surface area (Å²) in [6, 6.07) is 7.03. The molecule has 2 unspecified atom stereocenters. The van der Waals surface area contributed by atoms with Gasteiger partial charge >= 0.3 is 12.1 Å². The number of likely N-dealkylation sites (tertiary alicyclic amines) is 1. The van der Waals surface area contributed by atoms with E-state index in [0.717, 1.165) is 11.3 Å². The van der Waals surface area contributed by atoms with E-state index in [1.165, 1.54) is 20.6 Å². The fourth-order valence-electron chi connectivity index (χ4n) is 5.67. The summed E-state index contributed by atoms with van der Waals surface area (Å²) in [5, 5.41) is 9.14. The third kappa shape index (κ3) is 5.18. The number of ether oxygens (including phenoxy) is 3. The summed E-state index contributed by atoms with van der Waals surface area (Å²) in [7, 11) is -2.54. The summed E-state index contributed by atoms with van der Waals surface area (Å²) >= 11 is 0. The first-order valence-electron chi connectivity index (χ1n) is 12.8. The van der Waals surface area contributed by atoms with Gasteiger partial charge in [0.15, 0.2) is 5.54 Å². The molecule has 12 nitrogen and oxygen atoms in total. The molecular formula is C25H35N5O7S. The summed E-state index contributed by atoms with van der Waals surface area (Å²) in [4.78, 5) is 29.5. The molecule has 4 rings (SSSR count). The summed E-state index contributed by atoms with van der Waals surface area (Å²) < 4.78 is 46.3. The van der Waals surface area contributed by atoms with Gasteiger partial charge in [0.25, 0.3) is 10.2 Å². The first kappa shape index (κ1) is 28.1. The average Bonchev–Trinajstić information content (AvgIpc) is 3.17. The minimum Gasteiger partial charge on any atom is -0.465 e. The maximum Gasteiger partial charge on any atom is 0.409 e. The molecule has 2 atom stereocenters. The largest absolute Gasteiger partial charge is 0.465 e. The van der Waals surface area contributed by atoms with Gasteiger partial charge in [0.2, 0.25) is 0 Å². The number of piperazine rings is 2. The molecule has 38 heavy (non-hydrogen) atoms. The molecule has 0 aromatic heterocycles. The first-order chi connectivity index (χ1) is 18.2. The van der Waals surface area contributed by atoms with Crippen LogP contribution in [-0.2, 0) is 29.2 Å². The van der Waals surface area contributed by atoms with Crippen molar-refractivity contribution in [2.24, 2.45) is 0 Å². The molecular weight excluding hydrogens is 514 g/mol. The second-order valence-electron chi connectivity index (χ2n) is 9.74. The van der Waals surface area contributed by atoms with Crippen LogP contribution in [0.4, 0.5) is 10.5 Å². The number of esters is 1. The molecule has 3 saturated heterocycles. The quantitative estimate of drug-likeness (QED) is 0.345. The highest BCUT2D eigenvalue weighted by Gasteiger charge is 2.63. The van der Waals surface area contributed by atoms with Crippen LogP contribution in [0.3, 0.4) is 0 Å². The molecule has 3 aliphatic rings. The van der Waals surface area contributed by atoms with Gasteiger partial charge in [-0.05, 0) is 50.5 Å². The van der Waals surface area contributed by atoms with Crippen molar-refractivity contribution >= 4 is 28.0 Å². The summed E-state index contributed by atoms with van der Waals surface area (Å²) in [6.45, 7) is 5.43. The van der Waals surface area contributed by atoms with Gasteiger partial charge in [0.05, 0.1) is 31.4 Å². The zero-order chi connectivity index (χ0) is 27.5. The van der Waals surface area contributed by atoms with Crippen molar-refractivity contribution in [2.75, 3.05) is 71.1 Å². The number of hydrogen-bond donors (Lipinski definition) is 0. The van der Waals surface area contributed by atoms with Crippen LogP contribution >= 0.6 is 0 Å². The van der Waals surface area contributed by atoms with E-state index in [1.54, 1.807) is 13.0 Å². The summed E-state index contributed by atoms with van der Waals surface area (Å²) in [6.07, 6.45) is 0.0952. The lowest BCUT2D eigenvalue weighted by Gasteiger charge is -2.48. The van der Waals surface area contributed by atoms with Crippen LogP contribution in [0, 0.1) is 18.3 Å². The monoisotopic (exact) mass is 549 g/mol. The van der Waals surface area contributed by atoms with Gasteiger partial charge in [0, 0.05) is 51.6 Å². The van der Waals surface area contributed by atoms with Crippen LogP contribution in [0.5, 0.6) is 0 Å². The molecule has 0 radical (unpaired) electrons. The van der Waals surface area contributed by atoms with E-state index >= 15 is 0 Å². The van der Waals surface area contributed by atoms with Gasteiger partial charge in [-0.3, -0.25) is 0 Å². The maximum atomic E-state index is 14.0. The molecule has 1 amide bonds. The van der Waals surface area contributed by atoms with Gasteiger partial charge in [0.1, 0.15) is 6.61 Å². The number of aryl methyl sites for hydroxylation is 1. The Morgan fingerprint density at radius 2 is 1.89 bits per heavy atom. The highest BCUT2D eigenvalue weighted by Crippen LogP contribution is 2.43. The Labute approximate surface area is 223 Å². The Bertz CT molecular complexity index is 1190. The third-order valence-corrected chi connectivity index (χ3v) is 9.60. The highest BCUT2D eigenvalue weighted by molar-refractivity contribution is 7.86. The molecule has 0 saturated carbocycles. The van der Waals surface area contributed by atoms with Crippen molar-refractivity contribution in [2.45, 2.75) is 38.3 Å². The number of nitrogens with zero attached hydrogens (tertiary/aromatic N) is 5. The second kappa shape index (κ2) is 11.4. The van der Waals surface area contributed by atoms with Crippen molar-refractivity contribution in [3.63, 3.8) is 0 Å². The van der Waals surface area contributed by atoms with Crippen LogP contribution in [0.15, 0.2) is 18.2 Å². The number of amides is 1. The van der Waals surface area contributed by atoms with Crippen molar-refractivity contribution in [1.82, 2.24) is 13.5 Å². The Morgan fingerprint density at radius 3 is 2.53 bits per heavy atom. The lowest BCUT2D eigenvalue weighted by molar-refractivity contribution is -0.156. The zero-order valence-corrected chi connectivity index (χ0v) is 22.9. The molecule has 0 spiro atoms. The first-order valence-corrected chi connectivity index (χ1v) is 14.2. The third-order valence-electron chi connectivity index (χ3n) is 7.43. The van der Waals surface area contributed by atoms with Crippen molar-refractivity contribution in [3.05, 3.63) is 29.3 Å². The zero-order valence-electron chi connectivity index (χ0n) is 22.1. The van der Waals surface area contributed by atoms with E-state index in [9.17, 15) is 18.0 Å². The number of anilines is 1. The van der Waals surface area contributed by atoms with Crippen LogP contribution < -0.4 is 4.90 Å². The fraction of sp³-hybridized carbons (Fsp3) is 0.640. The minimum absolute atomic E-state index is 0.0634. The van der Waals surface area contributed by atoms with Crippen molar-refractivity contribution in [3.8, 4) is 6.07 Å². The van der Waals surface area contributed by atoms with E-state index in [1.807, 2.05) is 19.1 Å². The highest BCUT2D eigenvalue weighted by atomic mass is 32.2. The SMILES string of the molecule is CCOC(=O)C12CCC(CN(C(=O)OCCOC)C1)N2S(=O)(=O)N1CCN(c2ccc(C#N)cc2C)CC1. The number of methoxy groups -OCH3 is 1. The molecule has 0 N–H and O–H groups in total. The Morgan fingerprint density at radius 1 is 1.16 bits per heavy atom. The number of hydrogen-bond acceptors (Lipinski definition) is 9. The van der Waals surface area contributed by atoms with Gasteiger partial charge in [-0.25, -0.2) is 9.59 Å². The molecule has 208 valence electrons. The predicted octanol–water partition coefficient (Wildman–Crippen LogP) is 1.10. The standard InChI is InChI=1S/C25H35N5O7S/c1-4-36-23(31)25-8-7-21(17-28(18-25)24(32)37-14-13-35-3)30(25)38(33,34)29-11-9-27(10-12-29)22-6-5-20(16-26)15-19(22)2/h5-6,15,21H,4,7-14,17-18H2,1-3H3. The van der Waals surface area contributed by atoms with Crippen LogP contribution in [0.25, 0.3) is 0 Å². The topological polar surface area (TPSA) is 133 Å². The predicted molar refractivity (Wildman–Crippen MR) is 138 cm³/mol. The molecule has 0 aliphatic carbocycles. The van der Waals surface area contributed by atoms with E-state index in [0.29, 0.717) is 25.1 Å². The normalized spacial score (nSPS) is 24.2.